The van der Waals surface area contributed by atoms with E-state index in [0.29, 0.717) is 31.9 Å². The van der Waals surface area contributed by atoms with E-state index in [9.17, 15) is 9.59 Å². The molecule has 2 aromatic rings. The van der Waals surface area contributed by atoms with Gasteiger partial charge in [0.2, 0.25) is 5.91 Å². The summed E-state index contributed by atoms with van der Waals surface area (Å²) < 4.78 is 5.79. The number of nitrogens with one attached hydrogen (secondary N) is 1. The second-order valence-corrected chi connectivity index (χ2v) is 7.87. The lowest BCUT2D eigenvalue weighted by molar-refractivity contribution is -0.126. The topological polar surface area (TPSA) is 74.8 Å². The molecule has 0 bridgehead atoms. The zero-order valence-corrected chi connectivity index (χ0v) is 18.1. The Bertz CT molecular complexity index is 879. The fourth-order valence-corrected chi connectivity index (χ4v) is 3.44. The molecule has 1 aromatic heterocycles. The Hall–Kier alpha value is -2.77. The quantitative estimate of drug-likeness (QED) is 0.674. The van der Waals surface area contributed by atoms with Crippen LogP contribution in [0.25, 0.3) is 0 Å². The summed E-state index contributed by atoms with van der Waals surface area (Å²) in [4.78, 5) is 33.1. The van der Waals surface area contributed by atoms with E-state index in [4.69, 9.17) is 4.74 Å². The molecule has 2 amide bonds. The summed E-state index contributed by atoms with van der Waals surface area (Å²) >= 11 is 0. The molecule has 1 aliphatic rings. The SMILES string of the molecule is Cc1ccc(C(=O)N2CC(OCCNC(=O)C(c3ccccc3)N(C)C)C2)nc1C. The number of carbonyl (C=O) groups excluding carboxylic acids is 2. The van der Waals surface area contributed by atoms with Crippen molar-refractivity contribution in [3.8, 4) is 0 Å². The van der Waals surface area contributed by atoms with Crippen LogP contribution in [0.1, 0.15) is 33.4 Å². The molecule has 7 nitrogen and oxygen atoms in total. The maximum Gasteiger partial charge on any atom is 0.272 e. The highest BCUT2D eigenvalue weighted by Gasteiger charge is 2.32. The third-order valence-corrected chi connectivity index (χ3v) is 5.34. The van der Waals surface area contributed by atoms with E-state index >= 15 is 0 Å². The Morgan fingerprint density at radius 2 is 1.87 bits per heavy atom. The van der Waals surface area contributed by atoms with Gasteiger partial charge in [0.05, 0.1) is 12.7 Å². The van der Waals surface area contributed by atoms with Crippen LogP contribution in [0, 0.1) is 13.8 Å². The van der Waals surface area contributed by atoms with Crippen molar-refractivity contribution in [1.82, 2.24) is 20.1 Å². The number of likely N-dealkylation sites (tertiary alicyclic amines) is 1. The Balaban J connectivity index is 1.39. The molecule has 160 valence electrons. The van der Waals surface area contributed by atoms with E-state index < -0.39 is 0 Å². The molecular formula is C23H30N4O3. The van der Waals surface area contributed by atoms with E-state index in [0.717, 1.165) is 16.8 Å². The van der Waals surface area contributed by atoms with Gasteiger partial charge in [-0.3, -0.25) is 14.5 Å². The molecule has 1 aliphatic heterocycles. The monoisotopic (exact) mass is 410 g/mol. The lowest BCUT2D eigenvalue weighted by Crippen LogP contribution is -2.55. The minimum Gasteiger partial charge on any atom is -0.373 e. The predicted octanol–water partition coefficient (Wildman–Crippen LogP) is 1.96. The zero-order valence-electron chi connectivity index (χ0n) is 18.1. The minimum atomic E-state index is -0.339. The van der Waals surface area contributed by atoms with Crippen molar-refractivity contribution in [3.63, 3.8) is 0 Å². The Labute approximate surface area is 178 Å². The van der Waals surface area contributed by atoms with Crippen LogP contribution in [0.2, 0.25) is 0 Å². The van der Waals surface area contributed by atoms with Crippen LogP contribution in [0.3, 0.4) is 0 Å². The van der Waals surface area contributed by atoms with Gasteiger partial charge in [0, 0.05) is 25.3 Å². The number of likely N-dealkylation sites (N-methyl/N-ethyl adjacent to an activating group) is 1. The van der Waals surface area contributed by atoms with Gasteiger partial charge in [0.15, 0.2) is 0 Å². The van der Waals surface area contributed by atoms with E-state index in [1.807, 2.05) is 69.2 Å². The first-order valence-corrected chi connectivity index (χ1v) is 10.2. The largest absolute Gasteiger partial charge is 0.373 e. The average Bonchev–Trinajstić information content (AvgIpc) is 2.68. The van der Waals surface area contributed by atoms with Gasteiger partial charge in [-0.15, -0.1) is 0 Å². The van der Waals surface area contributed by atoms with E-state index in [2.05, 4.69) is 10.3 Å². The molecule has 1 saturated heterocycles. The molecule has 1 fully saturated rings. The molecule has 0 spiro atoms. The highest BCUT2D eigenvalue weighted by molar-refractivity contribution is 5.93. The molecule has 1 aromatic carbocycles. The molecule has 0 aliphatic carbocycles. The number of pyridine rings is 1. The normalized spacial score (nSPS) is 15.0. The van der Waals surface area contributed by atoms with Gasteiger partial charge in [0.25, 0.3) is 5.91 Å². The number of aryl methyl sites for hydroxylation is 2. The molecule has 3 rings (SSSR count). The smallest absolute Gasteiger partial charge is 0.272 e. The molecule has 2 heterocycles. The number of aromatic nitrogens is 1. The summed E-state index contributed by atoms with van der Waals surface area (Å²) in [6, 6.07) is 13.0. The van der Waals surface area contributed by atoms with E-state index in [-0.39, 0.29) is 24.0 Å². The van der Waals surface area contributed by atoms with Crippen molar-refractivity contribution < 1.29 is 14.3 Å². The van der Waals surface area contributed by atoms with Crippen molar-refractivity contribution in [3.05, 3.63) is 65.0 Å². The minimum absolute atomic E-state index is 0.00355. The van der Waals surface area contributed by atoms with Gasteiger partial charge >= 0.3 is 0 Å². The number of nitrogens with zero attached hydrogens (tertiary/aromatic N) is 3. The number of ether oxygens (including phenoxy) is 1. The van der Waals surface area contributed by atoms with Crippen LogP contribution in [0.4, 0.5) is 0 Å². The average molecular weight is 411 g/mol. The summed E-state index contributed by atoms with van der Waals surface area (Å²) in [7, 11) is 3.77. The first kappa shape index (κ1) is 21.9. The molecule has 1 N–H and O–H groups in total. The molecule has 1 atom stereocenters. The highest BCUT2D eigenvalue weighted by atomic mass is 16.5. The summed E-state index contributed by atoms with van der Waals surface area (Å²) in [5, 5.41) is 2.94. The van der Waals surface area contributed by atoms with Gasteiger partial charge in [-0.25, -0.2) is 4.98 Å². The van der Waals surface area contributed by atoms with E-state index in [1.54, 1.807) is 11.0 Å². The summed E-state index contributed by atoms with van der Waals surface area (Å²) in [6.07, 6.45) is -0.00355. The molecule has 7 heteroatoms. The van der Waals surface area contributed by atoms with Crippen LogP contribution in [-0.2, 0) is 9.53 Å². The third kappa shape index (κ3) is 5.23. The molecule has 0 radical (unpaired) electrons. The third-order valence-electron chi connectivity index (χ3n) is 5.34. The lowest BCUT2D eigenvalue weighted by Gasteiger charge is -2.38. The molecule has 1 unspecified atom stereocenters. The fourth-order valence-electron chi connectivity index (χ4n) is 3.44. The fraction of sp³-hybridized carbons (Fsp3) is 0.435. The predicted molar refractivity (Wildman–Crippen MR) is 115 cm³/mol. The number of rotatable bonds is 8. The summed E-state index contributed by atoms with van der Waals surface area (Å²) in [5.41, 5.74) is 3.37. The lowest BCUT2D eigenvalue weighted by atomic mass is 10.1. The summed E-state index contributed by atoms with van der Waals surface area (Å²) in [5.74, 6) is -0.121. The van der Waals surface area contributed by atoms with Crippen LogP contribution in [-0.4, -0.2) is 73.0 Å². The van der Waals surface area contributed by atoms with Crippen molar-refractivity contribution >= 4 is 11.8 Å². The number of carbonyl (C=O) groups is 2. The van der Waals surface area contributed by atoms with Crippen LogP contribution >= 0.6 is 0 Å². The van der Waals surface area contributed by atoms with Gasteiger partial charge in [-0.2, -0.15) is 0 Å². The maximum absolute atomic E-state index is 12.6. The number of amides is 2. The second-order valence-electron chi connectivity index (χ2n) is 7.87. The standard InChI is InChI=1S/C23H30N4O3/c1-16-10-11-20(25-17(16)2)23(29)27-14-19(15-27)30-13-12-24-22(28)21(26(3)4)18-8-6-5-7-9-18/h5-11,19,21H,12-15H2,1-4H3,(H,24,28). The van der Waals surface area contributed by atoms with Crippen LogP contribution in [0.5, 0.6) is 0 Å². The Kier molecular flexibility index (Phi) is 7.18. The second kappa shape index (κ2) is 9.82. The maximum atomic E-state index is 12.6. The van der Waals surface area contributed by atoms with Crippen LogP contribution < -0.4 is 5.32 Å². The Morgan fingerprint density at radius 3 is 2.50 bits per heavy atom. The van der Waals surface area contributed by atoms with Gasteiger partial charge < -0.3 is 15.0 Å². The zero-order chi connectivity index (χ0) is 21.7. The first-order valence-electron chi connectivity index (χ1n) is 10.2. The first-order chi connectivity index (χ1) is 14.4. The Morgan fingerprint density at radius 1 is 1.17 bits per heavy atom. The number of hydrogen-bond acceptors (Lipinski definition) is 5. The van der Waals surface area contributed by atoms with Crippen molar-refractivity contribution in [1.29, 1.82) is 0 Å². The van der Waals surface area contributed by atoms with Gasteiger partial charge in [0.1, 0.15) is 11.7 Å². The van der Waals surface area contributed by atoms with E-state index in [1.165, 1.54) is 0 Å². The number of hydrogen-bond donors (Lipinski definition) is 1. The van der Waals surface area contributed by atoms with Crippen LogP contribution in [0.15, 0.2) is 42.5 Å². The van der Waals surface area contributed by atoms with Gasteiger partial charge in [-0.05, 0) is 45.1 Å². The summed E-state index contributed by atoms with van der Waals surface area (Å²) in [6.45, 7) is 5.82. The molecular weight excluding hydrogens is 380 g/mol. The highest BCUT2D eigenvalue weighted by Crippen LogP contribution is 2.18. The van der Waals surface area contributed by atoms with Crippen molar-refractivity contribution in [2.75, 3.05) is 40.3 Å². The number of benzene rings is 1. The molecule has 0 saturated carbocycles. The molecule has 30 heavy (non-hydrogen) atoms. The van der Waals surface area contributed by atoms with Crippen molar-refractivity contribution in [2.24, 2.45) is 0 Å². The van der Waals surface area contributed by atoms with Crippen molar-refractivity contribution in [2.45, 2.75) is 26.0 Å². The van der Waals surface area contributed by atoms with Gasteiger partial charge in [-0.1, -0.05) is 36.4 Å².